The van der Waals surface area contributed by atoms with Crippen molar-refractivity contribution in [2.45, 2.75) is 31.8 Å². The largest absolute Gasteiger partial charge is 0.491 e. The number of carbonyl (C=O) groups excluding carboxylic acids is 1. The van der Waals surface area contributed by atoms with Crippen LogP contribution in [0.4, 0.5) is 4.79 Å². The Hall–Kier alpha value is -2.53. The summed E-state index contributed by atoms with van der Waals surface area (Å²) in [6.45, 7) is 2.64. The van der Waals surface area contributed by atoms with Gasteiger partial charge in [0, 0.05) is 17.6 Å². The lowest BCUT2D eigenvalue weighted by Gasteiger charge is -2.25. The molecule has 132 valence electrons. The third-order valence-corrected chi connectivity index (χ3v) is 4.46. The van der Waals surface area contributed by atoms with Gasteiger partial charge in [0.2, 0.25) is 0 Å². The monoisotopic (exact) mass is 340 g/mol. The van der Waals surface area contributed by atoms with E-state index in [1.54, 1.807) is 0 Å². The molecular formula is C20H24N2O3. The van der Waals surface area contributed by atoms with Crippen molar-refractivity contribution in [3.8, 4) is 5.75 Å². The molecule has 0 spiro atoms. The van der Waals surface area contributed by atoms with Crippen LogP contribution in [0.15, 0.2) is 48.5 Å². The van der Waals surface area contributed by atoms with Crippen LogP contribution >= 0.6 is 0 Å². The number of urea groups is 1. The third-order valence-electron chi connectivity index (χ3n) is 4.46. The zero-order valence-corrected chi connectivity index (χ0v) is 14.4. The molecule has 2 aromatic rings. The van der Waals surface area contributed by atoms with Gasteiger partial charge < -0.3 is 20.5 Å². The van der Waals surface area contributed by atoms with Crippen LogP contribution in [0.25, 0.3) is 0 Å². The van der Waals surface area contributed by atoms with E-state index in [1.165, 1.54) is 11.1 Å². The van der Waals surface area contributed by atoms with Gasteiger partial charge in [-0.2, -0.15) is 0 Å². The molecule has 0 bridgehead atoms. The average Bonchev–Trinajstić information content (AvgIpc) is 2.94. The minimum absolute atomic E-state index is 0.0405. The Labute approximate surface area is 148 Å². The van der Waals surface area contributed by atoms with Gasteiger partial charge in [-0.25, -0.2) is 4.79 Å². The number of aliphatic hydroxyl groups excluding tert-OH is 1. The van der Waals surface area contributed by atoms with Crippen molar-refractivity contribution < 1.29 is 14.6 Å². The van der Waals surface area contributed by atoms with E-state index in [0.29, 0.717) is 12.3 Å². The molecule has 0 heterocycles. The van der Waals surface area contributed by atoms with Crippen LogP contribution in [0.3, 0.4) is 0 Å². The minimum atomic E-state index is -0.263. The molecule has 1 aliphatic carbocycles. The predicted octanol–water partition coefficient (Wildman–Crippen LogP) is 2.41. The molecule has 5 nitrogen and oxygen atoms in total. The van der Waals surface area contributed by atoms with Crippen molar-refractivity contribution in [3.05, 3.63) is 65.2 Å². The van der Waals surface area contributed by atoms with Gasteiger partial charge in [-0.3, -0.25) is 0 Å². The fourth-order valence-corrected chi connectivity index (χ4v) is 3.33. The maximum atomic E-state index is 12.4. The van der Waals surface area contributed by atoms with Gasteiger partial charge in [-0.1, -0.05) is 42.5 Å². The molecule has 0 saturated carbocycles. The lowest BCUT2D eigenvalue weighted by atomic mass is 9.99. The average molecular weight is 340 g/mol. The van der Waals surface area contributed by atoms with Crippen LogP contribution in [0.2, 0.25) is 0 Å². The van der Waals surface area contributed by atoms with Crippen molar-refractivity contribution in [3.63, 3.8) is 0 Å². The maximum Gasteiger partial charge on any atom is 0.315 e. The van der Waals surface area contributed by atoms with Crippen LogP contribution in [0, 0.1) is 0 Å². The molecule has 0 saturated heterocycles. The second-order valence-corrected chi connectivity index (χ2v) is 6.67. The van der Waals surface area contributed by atoms with E-state index >= 15 is 0 Å². The van der Waals surface area contributed by atoms with Crippen LogP contribution in [0.1, 0.15) is 23.6 Å². The van der Waals surface area contributed by atoms with Gasteiger partial charge in [0.15, 0.2) is 0 Å². The fraction of sp³-hybridized carbons (Fsp3) is 0.350. The molecule has 2 aromatic carbocycles. The standard InChI is InChI=1S/C20H24N2O3/c1-20(12-15-6-2-3-7-16(15)13-20)22-19(24)21-14-17-8-4-5-9-18(17)25-11-10-23/h2-9,23H,10-14H2,1H3,(H2,21,22,24). The first-order chi connectivity index (χ1) is 12.1. The second-order valence-electron chi connectivity index (χ2n) is 6.67. The molecule has 0 aliphatic heterocycles. The Kier molecular flexibility index (Phi) is 5.24. The number of fused-ring (bicyclic) bond motifs is 1. The van der Waals surface area contributed by atoms with Crippen molar-refractivity contribution in [2.24, 2.45) is 0 Å². The first-order valence-electron chi connectivity index (χ1n) is 8.54. The van der Waals surface area contributed by atoms with E-state index in [1.807, 2.05) is 36.4 Å². The summed E-state index contributed by atoms with van der Waals surface area (Å²) in [6, 6.07) is 15.6. The summed E-state index contributed by atoms with van der Waals surface area (Å²) in [6.07, 6.45) is 1.68. The number of nitrogens with one attached hydrogen (secondary N) is 2. The highest BCUT2D eigenvalue weighted by molar-refractivity contribution is 5.75. The third kappa shape index (κ3) is 4.31. The highest BCUT2D eigenvalue weighted by Gasteiger charge is 2.33. The van der Waals surface area contributed by atoms with Crippen molar-refractivity contribution in [1.29, 1.82) is 0 Å². The first-order valence-corrected chi connectivity index (χ1v) is 8.54. The van der Waals surface area contributed by atoms with E-state index in [-0.39, 0.29) is 24.8 Å². The van der Waals surface area contributed by atoms with Gasteiger partial charge in [-0.15, -0.1) is 0 Å². The molecule has 0 aromatic heterocycles. The highest BCUT2D eigenvalue weighted by Crippen LogP contribution is 2.29. The normalized spacial score (nSPS) is 14.6. The Morgan fingerprint density at radius 2 is 1.76 bits per heavy atom. The number of benzene rings is 2. The molecule has 0 atom stereocenters. The van der Waals surface area contributed by atoms with E-state index in [9.17, 15) is 4.79 Å². The lowest BCUT2D eigenvalue weighted by Crippen LogP contribution is -2.50. The molecule has 5 heteroatoms. The van der Waals surface area contributed by atoms with Gasteiger partial charge in [0.05, 0.1) is 6.61 Å². The molecule has 3 rings (SSSR count). The number of amides is 2. The molecular weight excluding hydrogens is 316 g/mol. The SMILES string of the molecule is CC1(NC(=O)NCc2ccccc2OCCO)Cc2ccccc2C1. The van der Waals surface area contributed by atoms with Crippen LogP contribution < -0.4 is 15.4 Å². The highest BCUT2D eigenvalue weighted by atomic mass is 16.5. The van der Waals surface area contributed by atoms with E-state index < -0.39 is 0 Å². The number of aliphatic hydroxyl groups is 1. The molecule has 0 unspecified atom stereocenters. The molecule has 2 amide bonds. The van der Waals surface area contributed by atoms with Crippen LogP contribution in [-0.4, -0.2) is 29.9 Å². The summed E-state index contributed by atoms with van der Waals surface area (Å²) in [5.41, 5.74) is 3.22. The number of hydrogen-bond acceptors (Lipinski definition) is 3. The number of rotatable bonds is 6. The van der Waals surface area contributed by atoms with Crippen molar-refractivity contribution in [1.82, 2.24) is 10.6 Å². The number of hydrogen-bond donors (Lipinski definition) is 3. The van der Waals surface area contributed by atoms with Gasteiger partial charge >= 0.3 is 6.03 Å². The summed E-state index contributed by atoms with van der Waals surface area (Å²) in [4.78, 5) is 12.4. The summed E-state index contributed by atoms with van der Waals surface area (Å²) in [5, 5.41) is 14.9. The Bertz CT molecular complexity index is 720. The summed E-state index contributed by atoms with van der Waals surface area (Å²) < 4.78 is 5.49. The zero-order valence-electron chi connectivity index (χ0n) is 14.4. The van der Waals surface area contributed by atoms with Gasteiger partial charge in [-0.05, 0) is 37.0 Å². The van der Waals surface area contributed by atoms with E-state index in [2.05, 4.69) is 29.7 Å². The van der Waals surface area contributed by atoms with Gasteiger partial charge in [0.25, 0.3) is 0 Å². The minimum Gasteiger partial charge on any atom is -0.491 e. The molecule has 25 heavy (non-hydrogen) atoms. The van der Waals surface area contributed by atoms with Crippen molar-refractivity contribution >= 4 is 6.03 Å². The first kappa shape index (κ1) is 17.3. The van der Waals surface area contributed by atoms with E-state index in [0.717, 1.165) is 18.4 Å². The van der Waals surface area contributed by atoms with Crippen LogP contribution in [0.5, 0.6) is 5.75 Å². The van der Waals surface area contributed by atoms with Crippen LogP contribution in [-0.2, 0) is 19.4 Å². The number of carbonyl (C=O) groups is 1. The predicted molar refractivity (Wildman–Crippen MR) is 96.6 cm³/mol. The Morgan fingerprint density at radius 3 is 2.44 bits per heavy atom. The quantitative estimate of drug-likeness (QED) is 0.756. The maximum absolute atomic E-state index is 12.4. The molecule has 0 radical (unpaired) electrons. The Balaban J connectivity index is 1.56. The summed E-state index contributed by atoms with van der Waals surface area (Å²) in [5.74, 6) is 0.677. The van der Waals surface area contributed by atoms with E-state index in [4.69, 9.17) is 9.84 Å². The summed E-state index contributed by atoms with van der Waals surface area (Å²) in [7, 11) is 0. The lowest BCUT2D eigenvalue weighted by molar-refractivity contribution is 0.200. The molecule has 3 N–H and O–H groups in total. The summed E-state index contributed by atoms with van der Waals surface area (Å²) >= 11 is 0. The number of para-hydroxylation sites is 1. The smallest absolute Gasteiger partial charge is 0.315 e. The fourth-order valence-electron chi connectivity index (χ4n) is 3.33. The molecule has 1 aliphatic rings. The zero-order chi connectivity index (χ0) is 17.7. The number of ether oxygens (including phenoxy) is 1. The topological polar surface area (TPSA) is 70.6 Å². The second kappa shape index (κ2) is 7.57. The van der Waals surface area contributed by atoms with Gasteiger partial charge in [0.1, 0.15) is 12.4 Å². The molecule has 0 fully saturated rings. The Morgan fingerprint density at radius 1 is 1.12 bits per heavy atom. The van der Waals surface area contributed by atoms with Crippen molar-refractivity contribution in [2.75, 3.05) is 13.2 Å².